The van der Waals surface area contributed by atoms with Crippen LogP contribution in [0.5, 0.6) is 0 Å². The molecule has 6 heteroatoms. The highest BCUT2D eigenvalue weighted by Gasteiger charge is 2.33. The van der Waals surface area contributed by atoms with E-state index in [4.69, 9.17) is 0 Å². The molecule has 1 aliphatic carbocycles. The number of rotatable bonds is 6. The van der Waals surface area contributed by atoms with Crippen molar-refractivity contribution in [3.8, 4) is 0 Å². The largest absolute Gasteiger partial charge is 0.481 e. The van der Waals surface area contributed by atoms with E-state index in [1.807, 2.05) is 4.90 Å². The first kappa shape index (κ1) is 14.3. The van der Waals surface area contributed by atoms with Crippen molar-refractivity contribution in [2.24, 2.45) is 11.8 Å². The standard InChI is InChI=1S/C13H22N2O4/c1-19-12(16)8-15-6-10(13(17)18)4-11(7-15)14-5-9-2-3-9/h9-11,14H,2-8H2,1H3,(H,17,18). The van der Waals surface area contributed by atoms with Crippen LogP contribution in [0.15, 0.2) is 0 Å². The van der Waals surface area contributed by atoms with Gasteiger partial charge >= 0.3 is 11.9 Å². The molecular weight excluding hydrogens is 248 g/mol. The Morgan fingerprint density at radius 1 is 1.37 bits per heavy atom. The fraction of sp³-hybridized carbons (Fsp3) is 0.846. The molecular formula is C13H22N2O4. The van der Waals surface area contributed by atoms with Gasteiger partial charge in [-0.05, 0) is 31.7 Å². The Hall–Kier alpha value is -1.14. The number of carbonyl (C=O) groups is 2. The molecule has 0 aromatic rings. The van der Waals surface area contributed by atoms with Gasteiger partial charge in [-0.3, -0.25) is 14.5 Å². The van der Waals surface area contributed by atoms with Crippen LogP contribution in [0.25, 0.3) is 0 Å². The van der Waals surface area contributed by atoms with Crippen molar-refractivity contribution < 1.29 is 19.4 Å². The smallest absolute Gasteiger partial charge is 0.319 e. The summed E-state index contributed by atoms with van der Waals surface area (Å²) in [5, 5.41) is 12.6. The van der Waals surface area contributed by atoms with Crippen LogP contribution in [0, 0.1) is 11.8 Å². The zero-order valence-electron chi connectivity index (χ0n) is 11.3. The molecule has 0 aromatic carbocycles. The average Bonchev–Trinajstić information content (AvgIpc) is 3.20. The van der Waals surface area contributed by atoms with Crippen LogP contribution in [0.3, 0.4) is 0 Å². The Morgan fingerprint density at radius 2 is 2.11 bits per heavy atom. The van der Waals surface area contributed by atoms with Gasteiger partial charge in [0, 0.05) is 19.1 Å². The van der Waals surface area contributed by atoms with Crippen molar-refractivity contribution in [3.05, 3.63) is 0 Å². The number of carboxylic acid groups (broad SMARTS) is 1. The van der Waals surface area contributed by atoms with Gasteiger partial charge in [0.2, 0.25) is 0 Å². The molecule has 2 aliphatic rings. The predicted octanol–water partition coefficient (Wildman–Crippen LogP) is -0.0659. The van der Waals surface area contributed by atoms with Crippen LogP contribution < -0.4 is 5.32 Å². The third-order valence-corrected chi connectivity index (χ3v) is 3.85. The number of nitrogens with one attached hydrogen (secondary N) is 1. The fourth-order valence-electron chi connectivity index (χ4n) is 2.55. The predicted molar refractivity (Wildman–Crippen MR) is 68.7 cm³/mol. The first-order chi connectivity index (χ1) is 9.08. The van der Waals surface area contributed by atoms with Crippen molar-refractivity contribution in [1.29, 1.82) is 0 Å². The monoisotopic (exact) mass is 270 g/mol. The molecule has 1 aliphatic heterocycles. The summed E-state index contributed by atoms with van der Waals surface area (Å²) >= 11 is 0. The number of likely N-dealkylation sites (tertiary alicyclic amines) is 1. The molecule has 2 N–H and O–H groups in total. The first-order valence-corrected chi connectivity index (χ1v) is 6.84. The molecule has 2 fully saturated rings. The first-order valence-electron chi connectivity index (χ1n) is 6.84. The van der Waals surface area contributed by atoms with Crippen LogP contribution >= 0.6 is 0 Å². The normalized spacial score (nSPS) is 28.1. The summed E-state index contributed by atoms with van der Waals surface area (Å²) in [5.41, 5.74) is 0. The van der Waals surface area contributed by atoms with E-state index in [-0.39, 0.29) is 18.6 Å². The molecule has 0 spiro atoms. The second kappa shape index (κ2) is 6.34. The molecule has 2 unspecified atom stereocenters. The van der Waals surface area contributed by atoms with Gasteiger partial charge in [-0.1, -0.05) is 0 Å². The Bertz CT molecular complexity index is 344. The second-order valence-electron chi connectivity index (χ2n) is 5.59. The van der Waals surface area contributed by atoms with Gasteiger partial charge in [-0.15, -0.1) is 0 Å². The molecule has 1 saturated heterocycles. The van der Waals surface area contributed by atoms with E-state index >= 15 is 0 Å². The van der Waals surface area contributed by atoms with E-state index in [9.17, 15) is 14.7 Å². The second-order valence-corrected chi connectivity index (χ2v) is 5.59. The SMILES string of the molecule is COC(=O)CN1CC(NCC2CC2)CC(C(=O)O)C1. The minimum absolute atomic E-state index is 0.153. The van der Waals surface area contributed by atoms with Crippen molar-refractivity contribution in [3.63, 3.8) is 0 Å². The third kappa shape index (κ3) is 4.47. The van der Waals surface area contributed by atoms with Crippen LogP contribution in [0.2, 0.25) is 0 Å². The van der Waals surface area contributed by atoms with E-state index < -0.39 is 11.9 Å². The molecule has 6 nitrogen and oxygen atoms in total. The number of esters is 1. The molecule has 0 aromatic heterocycles. The lowest BCUT2D eigenvalue weighted by molar-refractivity contribution is -0.148. The average molecular weight is 270 g/mol. The van der Waals surface area contributed by atoms with E-state index in [1.54, 1.807) is 0 Å². The molecule has 2 atom stereocenters. The van der Waals surface area contributed by atoms with Crippen molar-refractivity contribution >= 4 is 11.9 Å². The highest BCUT2D eigenvalue weighted by molar-refractivity contribution is 5.72. The van der Waals surface area contributed by atoms with Crippen LogP contribution in [-0.2, 0) is 14.3 Å². The van der Waals surface area contributed by atoms with Gasteiger partial charge in [0.15, 0.2) is 0 Å². The molecule has 19 heavy (non-hydrogen) atoms. The maximum Gasteiger partial charge on any atom is 0.319 e. The van der Waals surface area contributed by atoms with E-state index in [0.717, 1.165) is 12.5 Å². The van der Waals surface area contributed by atoms with Crippen molar-refractivity contribution in [1.82, 2.24) is 10.2 Å². The highest BCUT2D eigenvalue weighted by atomic mass is 16.5. The molecule has 0 amide bonds. The lowest BCUT2D eigenvalue weighted by Crippen LogP contribution is -2.52. The lowest BCUT2D eigenvalue weighted by atomic mass is 9.94. The zero-order chi connectivity index (χ0) is 13.8. The number of methoxy groups -OCH3 is 1. The van der Waals surface area contributed by atoms with Gasteiger partial charge in [0.25, 0.3) is 0 Å². The van der Waals surface area contributed by atoms with Gasteiger partial charge in [0.1, 0.15) is 0 Å². The van der Waals surface area contributed by atoms with Crippen molar-refractivity contribution in [2.75, 3.05) is 33.3 Å². The number of hydrogen-bond donors (Lipinski definition) is 2. The molecule has 0 bridgehead atoms. The van der Waals surface area contributed by atoms with Crippen LogP contribution in [0.1, 0.15) is 19.3 Å². The van der Waals surface area contributed by atoms with E-state index in [1.165, 1.54) is 20.0 Å². The summed E-state index contributed by atoms with van der Waals surface area (Å²) in [6.07, 6.45) is 3.18. The minimum Gasteiger partial charge on any atom is -0.481 e. The maximum atomic E-state index is 11.3. The maximum absolute atomic E-state index is 11.3. The summed E-state index contributed by atoms with van der Waals surface area (Å²) in [7, 11) is 1.35. The van der Waals surface area contributed by atoms with E-state index in [2.05, 4.69) is 10.1 Å². The topological polar surface area (TPSA) is 78.9 Å². The molecule has 1 heterocycles. The number of piperidine rings is 1. The number of nitrogens with zero attached hydrogens (tertiary/aromatic N) is 1. The molecule has 1 saturated carbocycles. The number of ether oxygens (including phenoxy) is 1. The quantitative estimate of drug-likeness (QED) is 0.658. The summed E-state index contributed by atoms with van der Waals surface area (Å²) in [6.45, 7) is 2.27. The van der Waals surface area contributed by atoms with Crippen molar-refractivity contribution in [2.45, 2.75) is 25.3 Å². The Kier molecular flexibility index (Phi) is 4.76. The van der Waals surface area contributed by atoms with Gasteiger partial charge in [0.05, 0.1) is 19.6 Å². The van der Waals surface area contributed by atoms with Crippen LogP contribution in [0.4, 0.5) is 0 Å². The highest BCUT2D eigenvalue weighted by Crippen LogP contribution is 2.28. The van der Waals surface area contributed by atoms with Crippen LogP contribution in [-0.4, -0.2) is 61.3 Å². The number of aliphatic carboxylic acids is 1. The van der Waals surface area contributed by atoms with Gasteiger partial charge < -0.3 is 15.2 Å². The number of carbonyl (C=O) groups excluding carboxylic acids is 1. The van der Waals surface area contributed by atoms with Gasteiger partial charge in [-0.25, -0.2) is 0 Å². The third-order valence-electron chi connectivity index (χ3n) is 3.85. The Morgan fingerprint density at radius 3 is 2.68 bits per heavy atom. The van der Waals surface area contributed by atoms with Gasteiger partial charge in [-0.2, -0.15) is 0 Å². The number of carboxylic acids is 1. The summed E-state index contributed by atoms with van der Waals surface area (Å²) in [5.74, 6) is -0.742. The fourth-order valence-corrected chi connectivity index (χ4v) is 2.55. The Labute approximate surface area is 113 Å². The lowest BCUT2D eigenvalue weighted by Gasteiger charge is -2.36. The molecule has 0 radical (unpaired) electrons. The molecule has 2 rings (SSSR count). The number of hydrogen-bond acceptors (Lipinski definition) is 5. The minimum atomic E-state index is -0.784. The van der Waals surface area contributed by atoms with E-state index in [0.29, 0.717) is 19.5 Å². The summed E-state index contributed by atoms with van der Waals surface area (Å²) < 4.78 is 4.64. The zero-order valence-corrected chi connectivity index (χ0v) is 11.3. The Balaban J connectivity index is 1.87. The summed E-state index contributed by atoms with van der Waals surface area (Å²) in [4.78, 5) is 24.4. The summed E-state index contributed by atoms with van der Waals surface area (Å²) in [6, 6.07) is 0.153. The molecule has 108 valence electrons.